The topological polar surface area (TPSA) is 96.3 Å². The van der Waals surface area contributed by atoms with E-state index in [1.165, 1.54) is 12.1 Å². The second kappa shape index (κ2) is 6.95. The average molecular weight is 269 g/mol. The Kier molecular flexibility index (Phi) is 5.58. The molecule has 2 N–H and O–H groups in total. The summed E-state index contributed by atoms with van der Waals surface area (Å²) in [5.41, 5.74) is 0.644. The Hall–Kier alpha value is -1.80. The maximum atomic E-state index is 11.7. The van der Waals surface area contributed by atoms with Gasteiger partial charge in [-0.05, 0) is 25.5 Å². The van der Waals surface area contributed by atoms with Crippen LogP contribution in [0.15, 0.2) is 24.3 Å². The molecule has 0 heterocycles. The van der Waals surface area contributed by atoms with Gasteiger partial charge in [-0.15, -0.1) is 0 Å². The lowest BCUT2D eigenvalue weighted by atomic mass is 10.1. The summed E-state index contributed by atoms with van der Waals surface area (Å²) in [5.74, 6) is -1.69. The minimum Gasteiger partial charge on any atom is -0.457 e. The van der Waals surface area contributed by atoms with Crippen molar-refractivity contribution in [2.24, 2.45) is 0 Å². The second-order valence-corrected chi connectivity index (χ2v) is 4.01. The number of hydrogen-bond acceptors (Lipinski definition) is 7. The average Bonchev–Trinajstić information content (AvgIpc) is 2.35. The molecular weight excluding hydrogens is 254 g/mol. The van der Waals surface area contributed by atoms with Crippen molar-refractivity contribution < 1.29 is 29.6 Å². The zero-order chi connectivity index (χ0) is 14.4. The maximum absolute atomic E-state index is 11.7. The first-order chi connectivity index (χ1) is 8.90. The first-order valence-corrected chi connectivity index (χ1v) is 5.55. The van der Waals surface area contributed by atoms with Crippen LogP contribution in [0.5, 0.6) is 0 Å². The molecule has 0 aromatic heterocycles. The van der Waals surface area contributed by atoms with Crippen molar-refractivity contribution in [3.63, 3.8) is 0 Å². The number of esters is 1. The second-order valence-electron chi connectivity index (χ2n) is 4.01. The lowest BCUT2D eigenvalue weighted by Gasteiger charge is -2.09. The molecule has 7 nitrogen and oxygen atoms in total. The minimum absolute atomic E-state index is 0.147. The zero-order valence-electron chi connectivity index (χ0n) is 10.6. The number of ether oxygens (including phenoxy) is 1. The van der Waals surface area contributed by atoms with Gasteiger partial charge in [-0.3, -0.25) is 15.2 Å². The molecule has 0 amide bonds. The van der Waals surface area contributed by atoms with Crippen molar-refractivity contribution in [1.82, 2.24) is 5.39 Å². The van der Waals surface area contributed by atoms with Crippen molar-refractivity contribution in [1.29, 1.82) is 0 Å². The molecule has 0 bridgehead atoms. The van der Waals surface area contributed by atoms with Gasteiger partial charge in [0.2, 0.25) is 0 Å². The highest BCUT2D eigenvalue weighted by Crippen LogP contribution is 2.09. The van der Waals surface area contributed by atoms with E-state index in [1.807, 2.05) is 0 Å². The van der Waals surface area contributed by atoms with E-state index in [9.17, 15) is 9.59 Å². The van der Waals surface area contributed by atoms with Gasteiger partial charge in [0.15, 0.2) is 0 Å². The molecule has 7 heteroatoms. The van der Waals surface area contributed by atoms with E-state index in [4.69, 9.17) is 15.2 Å². The molecule has 0 saturated heterocycles. The molecule has 0 radical (unpaired) electrons. The van der Waals surface area contributed by atoms with Gasteiger partial charge in [0.05, 0.1) is 18.1 Å². The molecular formula is C12H15NO6. The number of benzene rings is 1. The van der Waals surface area contributed by atoms with E-state index in [1.54, 1.807) is 26.0 Å². The Balaban J connectivity index is 2.75. The highest BCUT2D eigenvalue weighted by molar-refractivity contribution is 6.40. The summed E-state index contributed by atoms with van der Waals surface area (Å²) in [5, 5.41) is 16.4. The fourth-order valence-electron chi connectivity index (χ4n) is 1.32. The van der Waals surface area contributed by atoms with Crippen LogP contribution < -0.4 is 0 Å². The fraction of sp³-hybridized carbons (Fsp3) is 0.333. The lowest BCUT2D eigenvalue weighted by Crippen LogP contribution is -2.21. The standard InChI is InChI=1S/C12H15NO6/c1-8(2)19-12(15)11(14)10-5-3-4-9(6-10)7-18-13(16)17/h3-6,8,16-17H,7H2,1-2H3. The summed E-state index contributed by atoms with van der Waals surface area (Å²) in [6.07, 6.45) is -0.375. The number of carbonyl (C=O) groups is 2. The van der Waals surface area contributed by atoms with Gasteiger partial charge in [-0.2, -0.15) is 0 Å². The molecule has 0 spiro atoms. The summed E-state index contributed by atoms with van der Waals surface area (Å²) in [4.78, 5) is 27.6. The molecule has 19 heavy (non-hydrogen) atoms. The molecule has 104 valence electrons. The monoisotopic (exact) mass is 269 g/mol. The number of carbonyl (C=O) groups excluding carboxylic acids is 2. The third-order valence-electron chi connectivity index (χ3n) is 2.06. The summed E-state index contributed by atoms with van der Waals surface area (Å²) in [6.45, 7) is 3.13. The summed E-state index contributed by atoms with van der Waals surface area (Å²) in [7, 11) is 0. The van der Waals surface area contributed by atoms with E-state index in [-0.39, 0.29) is 18.3 Å². The highest BCUT2D eigenvalue weighted by atomic mass is 17.1. The van der Waals surface area contributed by atoms with E-state index < -0.39 is 17.1 Å². The molecule has 1 aromatic carbocycles. The van der Waals surface area contributed by atoms with Crippen LogP contribution in [0.4, 0.5) is 0 Å². The van der Waals surface area contributed by atoms with Crippen LogP contribution >= 0.6 is 0 Å². The Bertz CT molecular complexity index is 457. The van der Waals surface area contributed by atoms with E-state index in [0.717, 1.165) is 0 Å². The summed E-state index contributed by atoms with van der Waals surface area (Å²) in [6, 6.07) is 6.03. The molecule has 0 fully saturated rings. The number of rotatable bonds is 6. The molecule has 0 unspecified atom stereocenters. The fourth-order valence-corrected chi connectivity index (χ4v) is 1.32. The van der Waals surface area contributed by atoms with Gasteiger partial charge in [0.25, 0.3) is 5.78 Å². The first kappa shape index (κ1) is 15.3. The molecule has 1 rings (SSSR count). The first-order valence-electron chi connectivity index (χ1n) is 5.55. The van der Waals surface area contributed by atoms with Crippen LogP contribution in [0.25, 0.3) is 0 Å². The Labute approximate surface area is 109 Å². The third kappa shape index (κ3) is 5.14. The van der Waals surface area contributed by atoms with Crippen LogP contribution in [-0.2, 0) is 21.0 Å². The lowest BCUT2D eigenvalue weighted by molar-refractivity contribution is -0.497. The predicted octanol–water partition coefficient (Wildman–Crippen LogP) is 1.33. The number of nitrogens with zero attached hydrogens (tertiary/aromatic N) is 1. The third-order valence-corrected chi connectivity index (χ3v) is 2.06. The predicted molar refractivity (Wildman–Crippen MR) is 62.2 cm³/mol. The van der Waals surface area contributed by atoms with Gasteiger partial charge >= 0.3 is 5.97 Å². The van der Waals surface area contributed by atoms with Crippen LogP contribution in [0.2, 0.25) is 0 Å². The normalized spacial score (nSPS) is 10.8. The number of hydrogen-bond donors (Lipinski definition) is 2. The van der Waals surface area contributed by atoms with Crippen LogP contribution in [0.1, 0.15) is 29.8 Å². The Morgan fingerprint density at radius 2 is 2.00 bits per heavy atom. The van der Waals surface area contributed by atoms with Gasteiger partial charge in [0.1, 0.15) is 0 Å². The van der Waals surface area contributed by atoms with Crippen molar-refractivity contribution >= 4 is 11.8 Å². The van der Waals surface area contributed by atoms with Crippen molar-refractivity contribution in [3.8, 4) is 0 Å². The van der Waals surface area contributed by atoms with Crippen molar-refractivity contribution in [2.45, 2.75) is 26.6 Å². The van der Waals surface area contributed by atoms with Gasteiger partial charge < -0.3 is 4.74 Å². The van der Waals surface area contributed by atoms with Gasteiger partial charge in [0, 0.05) is 5.56 Å². The molecule has 1 aromatic rings. The summed E-state index contributed by atoms with van der Waals surface area (Å²) < 4.78 is 4.80. The summed E-state index contributed by atoms with van der Waals surface area (Å²) >= 11 is 0. The van der Waals surface area contributed by atoms with E-state index >= 15 is 0 Å². The van der Waals surface area contributed by atoms with Gasteiger partial charge in [-0.1, -0.05) is 18.2 Å². The Morgan fingerprint density at radius 1 is 1.32 bits per heavy atom. The number of Topliss-reactive ketones (excluding diaryl/α,β-unsaturated/α-hetero) is 1. The minimum atomic E-state index is -0.931. The van der Waals surface area contributed by atoms with E-state index in [2.05, 4.69) is 4.84 Å². The number of ketones is 1. The quantitative estimate of drug-likeness (QED) is 0.348. The van der Waals surface area contributed by atoms with Crippen LogP contribution in [-0.4, -0.2) is 33.7 Å². The molecule has 0 saturated carbocycles. The van der Waals surface area contributed by atoms with E-state index in [0.29, 0.717) is 5.56 Å². The molecule has 0 atom stereocenters. The molecule has 0 aliphatic rings. The van der Waals surface area contributed by atoms with Crippen molar-refractivity contribution in [3.05, 3.63) is 35.4 Å². The van der Waals surface area contributed by atoms with Crippen molar-refractivity contribution in [2.75, 3.05) is 0 Å². The van der Waals surface area contributed by atoms with Gasteiger partial charge in [-0.25, -0.2) is 9.63 Å². The smallest absolute Gasteiger partial charge is 0.379 e. The maximum Gasteiger partial charge on any atom is 0.379 e. The largest absolute Gasteiger partial charge is 0.457 e. The zero-order valence-corrected chi connectivity index (χ0v) is 10.6. The molecule has 0 aliphatic heterocycles. The highest BCUT2D eigenvalue weighted by Gasteiger charge is 2.19. The Morgan fingerprint density at radius 3 is 2.58 bits per heavy atom. The SMILES string of the molecule is CC(C)OC(=O)C(=O)c1cccc(CON(O)O)c1. The van der Waals surface area contributed by atoms with Crippen LogP contribution in [0.3, 0.4) is 0 Å². The van der Waals surface area contributed by atoms with Crippen LogP contribution in [0, 0.1) is 0 Å². The molecule has 0 aliphatic carbocycles.